The lowest BCUT2D eigenvalue weighted by molar-refractivity contribution is 0.192. The summed E-state index contributed by atoms with van der Waals surface area (Å²) < 4.78 is 5.67. The van der Waals surface area contributed by atoms with Crippen LogP contribution in [-0.2, 0) is 6.42 Å². The maximum Gasteiger partial charge on any atom is 0.317 e. The van der Waals surface area contributed by atoms with Gasteiger partial charge in [0.05, 0.1) is 6.54 Å². The van der Waals surface area contributed by atoms with Gasteiger partial charge in [-0.3, -0.25) is 0 Å². The Morgan fingerprint density at radius 1 is 1.12 bits per heavy atom. The molecule has 1 unspecified atom stereocenters. The third-order valence-corrected chi connectivity index (χ3v) is 4.14. The molecular formula is C21H28N2O2. The number of nitrogens with one attached hydrogen (secondary N) is 1. The molecule has 2 rings (SSSR count). The lowest BCUT2D eigenvalue weighted by Gasteiger charge is -2.21. The Balaban J connectivity index is 1.65. The monoisotopic (exact) mass is 340 g/mol. The minimum atomic E-state index is -0.0620. The lowest BCUT2D eigenvalue weighted by atomic mass is 10.1. The Bertz CT molecular complexity index is 641. The Kier molecular flexibility index (Phi) is 7.33. The first-order chi connectivity index (χ1) is 12.0. The van der Waals surface area contributed by atoms with E-state index in [-0.39, 0.29) is 12.1 Å². The smallest absolute Gasteiger partial charge is 0.317 e. The quantitative estimate of drug-likeness (QED) is 0.788. The van der Waals surface area contributed by atoms with E-state index in [0.717, 1.165) is 18.6 Å². The summed E-state index contributed by atoms with van der Waals surface area (Å²) in [7, 11) is 1.79. The molecule has 0 heterocycles. The fourth-order valence-corrected chi connectivity index (χ4v) is 2.46. The molecule has 0 bridgehead atoms. The highest BCUT2D eigenvalue weighted by molar-refractivity contribution is 5.74. The van der Waals surface area contributed by atoms with Crippen LogP contribution in [0.3, 0.4) is 0 Å². The summed E-state index contributed by atoms with van der Waals surface area (Å²) in [6, 6.07) is 18.3. The molecule has 0 aliphatic carbocycles. The Morgan fingerprint density at radius 3 is 2.48 bits per heavy atom. The van der Waals surface area contributed by atoms with Crippen molar-refractivity contribution in [2.45, 2.75) is 32.7 Å². The Hall–Kier alpha value is -2.49. The molecule has 0 spiro atoms. The summed E-state index contributed by atoms with van der Waals surface area (Å²) in [5, 5.41) is 3.04. The molecule has 1 atom stereocenters. The van der Waals surface area contributed by atoms with Gasteiger partial charge >= 0.3 is 6.03 Å². The van der Waals surface area contributed by atoms with E-state index < -0.39 is 0 Å². The number of hydrogen-bond acceptors (Lipinski definition) is 2. The molecule has 0 aromatic heterocycles. The van der Waals surface area contributed by atoms with Crippen molar-refractivity contribution < 1.29 is 9.53 Å². The summed E-state index contributed by atoms with van der Waals surface area (Å²) >= 11 is 0. The molecule has 0 radical (unpaired) electrons. The zero-order valence-corrected chi connectivity index (χ0v) is 15.4. The molecule has 0 saturated heterocycles. The zero-order chi connectivity index (χ0) is 18.1. The summed E-state index contributed by atoms with van der Waals surface area (Å²) in [4.78, 5) is 13.9. The van der Waals surface area contributed by atoms with Crippen LogP contribution in [0.25, 0.3) is 0 Å². The summed E-state index contributed by atoms with van der Waals surface area (Å²) in [5.41, 5.74) is 2.50. The Labute approximate surface area is 150 Å². The predicted octanol–water partition coefficient (Wildman–Crippen LogP) is 4.04. The summed E-state index contributed by atoms with van der Waals surface area (Å²) in [5.74, 6) is 0.829. The maximum absolute atomic E-state index is 12.2. The van der Waals surface area contributed by atoms with Gasteiger partial charge in [-0.25, -0.2) is 4.79 Å². The van der Waals surface area contributed by atoms with E-state index in [2.05, 4.69) is 17.4 Å². The first-order valence-electron chi connectivity index (χ1n) is 8.79. The average molecular weight is 340 g/mol. The van der Waals surface area contributed by atoms with Gasteiger partial charge in [0.25, 0.3) is 0 Å². The fourth-order valence-electron chi connectivity index (χ4n) is 2.46. The first kappa shape index (κ1) is 18.8. The second-order valence-corrected chi connectivity index (χ2v) is 6.46. The van der Waals surface area contributed by atoms with Gasteiger partial charge in [-0.05, 0) is 44.4 Å². The molecule has 1 N–H and O–H groups in total. The number of hydrogen-bond donors (Lipinski definition) is 1. The number of nitrogens with zero attached hydrogens (tertiary/aromatic N) is 1. The van der Waals surface area contributed by atoms with Crippen LogP contribution in [0, 0.1) is 6.92 Å². The van der Waals surface area contributed by atoms with Gasteiger partial charge < -0.3 is 15.0 Å². The topological polar surface area (TPSA) is 41.6 Å². The van der Waals surface area contributed by atoms with Crippen LogP contribution in [0.2, 0.25) is 0 Å². The molecule has 0 saturated carbocycles. The molecule has 0 aliphatic rings. The number of aryl methyl sites for hydroxylation is 2. The molecule has 2 amide bonds. The lowest BCUT2D eigenvalue weighted by Crippen LogP contribution is -2.43. The van der Waals surface area contributed by atoms with Crippen molar-refractivity contribution in [2.24, 2.45) is 0 Å². The van der Waals surface area contributed by atoms with Gasteiger partial charge in [0.2, 0.25) is 0 Å². The molecule has 134 valence electrons. The van der Waals surface area contributed by atoms with Crippen molar-refractivity contribution in [3.05, 3.63) is 65.7 Å². The largest absolute Gasteiger partial charge is 0.492 e. The van der Waals surface area contributed by atoms with Crippen LogP contribution in [0.4, 0.5) is 4.79 Å². The molecule has 4 nitrogen and oxygen atoms in total. The number of carbonyl (C=O) groups excluding carboxylic acids is 1. The van der Waals surface area contributed by atoms with E-state index in [9.17, 15) is 4.79 Å². The molecular weight excluding hydrogens is 312 g/mol. The van der Waals surface area contributed by atoms with E-state index >= 15 is 0 Å². The SMILES string of the molecule is Cc1ccc(OCCN(C)C(=O)NC(C)CCc2ccccc2)cc1. The van der Waals surface area contributed by atoms with Crippen molar-refractivity contribution in [1.29, 1.82) is 0 Å². The molecule has 2 aromatic rings. The minimum Gasteiger partial charge on any atom is -0.492 e. The third-order valence-electron chi connectivity index (χ3n) is 4.14. The van der Waals surface area contributed by atoms with Gasteiger partial charge in [0.1, 0.15) is 12.4 Å². The van der Waals surface area contributed by atoms with Crippen LogP contribution < -0.4 is 10.1 Å². The van der Waals surface area contributed by atoms with Gasteiger partial charge in [0, 0.05) is 13.1 Å². The third kappa shape index (κ3) is 6.87. The number of ether oxygens (including phenoxy) is 1. The summed E-state index contributed by atoms with van der Waals surface area (Å²) in [6.07, 6.45) is 1.88. The van der Waals surface area contributed by atoms with Crippen molar-refractivity contribution in [1.82, 2.24) is 10.2 Å². The molecule has 25 heavy (non-hydrogen) atoms. The fraction of sp³-hybridized carbons (Fsp3) is 0.381. The number of carbonyl (C=O) groups is 1. The number of benzene rings is 2. The number of urea groups is 1. The highest BCUT2D eigenvalue weighted by Crippen LogP contribution is 2.11. The zero-order valence-electron chi connectivity index (χ0n) is 15.4. The van der Waals surface area contributed by atoms with Crippen LogP contribution in [0.5, 0.6) is 5.75 Å². The normalized spacial score (nSPS) is 11.6. The maximum atomic E-state index is 12.2. The predicted molar refractivity (Wildman–Crippen MR) is 102 cm³/mol. The van der Waals surface area contributed by atoms with Crippen molar-refractivity contribution in [3.8, 4) is 5.75 Å². The van der Waals surface area contributed by atoms with Gasteiger partial charge in [-0.1, -0.05) is 48.0 Å². The summed E-state index contributed by atoms with van der Waals surface area (Å²) in [6.45, 7) is 5.11. The van der Waals surface area contributed by atoms with E-state index in [1.807, 2.05) is 56.3 Å². The highest BCUT2D eigenvalue weighted by atomic mass is 16.5. The van der Waals surface area contributed by atoms with Crippen LogP contribution >= 0.6 is 0 Å². The standard InChI is InChI=1S/C21H28N2O2/c1-17-9-13-20(14-10-17)25-16-15-23(3)21(24)22-18(2)11-12-19-7-5-4-6-8-19/h4-10,13-14,18H,11-12,15-16H2,1-3H3,(H,22,24). The van der Waals surface area contributed by atoms with Crippen molar-refractivity contribution in [3.63, 3.8) is 0 Å². The first-order valence-corrected chi connectivity index (χ1v) is 8.79. The van der Waals surface area contributed by atoms with Gasteiger partial charge in [0.15, 0.2) is 0 Å². The van der Waals surface area contributed by atoms with E-state index in [1.54, 1.807) is 11.9 Å². The molecule has 2 aromatic carbocycles. The van der Waals surface area contributed by atoms with Gasteiger partial charge in [-0.2, -0.15) is 0 Å². The van der Waals surface area contributed by atoms with E-state index in [1.165, 1.54) is 11.1 Å². The van der Waals surface area contributed by atoms with Gasteiger partial charge in [-0.15, -0.1) is 0 Å². The second kappa shape index (κ2) is 9.72. The number of amides is 2. The van der Waals surface area contributed by atoms with Crippen LogP contribution in [-0.4, -0.2) is 37.2 Å². The van der Waals surface area contributed by atoms with E-state index in [0.29, 0.717) is 13.2 Å². The van der Waals surface area contributed by atoms with Crippen molar-refractivity contribution in [2.75, 3.05) is 20.2 Å². The molecule has 4 heteroatoms. The average Bonchev–Trinajstić information content (AvgIpc) is 2.62. The molecule has 0 fully saturated rings. The van der Waals surface area contributed by atoms with E-state index in [4.69, 9.17) is 4.74 Å². The number of likely N-dealkylation sites (N-methyl/N-ethyl adjacent to an activating group) is 1. The van der Waals surface area contributed by atoms with Crippen LogP contribution in [0.1, 0.15) is 24.5 Å². The molecule has 0 aliphatic heterocycles. The second-order valence-electron chi connectivity index (χ2n) is 6.46. The van der Waals surface area contributed by atoms with Crippen LogP contribution in [0.15, 0.2) is 54.6 Å². The minimum absolute atomic E-state index is 0.0620. The van der Waals surface area contributed by atoms with Crippen molar-refractivity contribution >= 4 is 6.03 Å². The Morgan fingerprint density at radius 2 is 1.80 bits per heavy atom. The number of rotatable bonds is 8. The highest BCUT2D eigenvalue weighted by Gasteiger charge is 2.12.